The van der Waals surface area contributed by atoms with Gasteiger partial charge in [-0.2, -0.15) is 5.10 Å². The van der Waals surface area contributed by atoms with Crippen molar-refractivity contribution in [3.8, 4) is 0 Å². The van der Waals surface area contributed by atoms with E-state index in [1.54, 1.807) is 18.5 Å². The molecule has 0 aliphatic carbocycles. The summed E-state index contributed by atoms with van der Waals surface area (Å²) in [5, 5.41) is 13.8. The molecule has 2 aromatic carbocycles. The summed E-state index contributed by atoms with van der Waals surface area (Å²) in [5.74, 6) is 0.622. The van der Waals surface area contributed by atoms with Gasteiger partial charge < -0.3 is 10.6 Å². The minimum atomic E-state index is -0.310. The van der Waals surface area contributed by atoms with Gasteiger partial charge in [0, 0.05) is 23.0 Å². The lowest BCUT2D eigenvalue weighted by atomic mass is 10.2. The first-order valence-electron chi connectivity index (χ1n) is 8.75. The zero-order valence-corrected chi connectivity index (χ0v) is 15.2. The zero-order valence-electron chi connectivity index (χ0n) is 15.2. The van der Waals surface area contributed by atoms with Crippen molar-refractivity contribution in [2.24, 2.45) is 4.99 Å². The Morgan fingerprint density at radius 1 is 1.04 bits per heavy atom. The normalized spacial score (nSPS) is 11.0. The molecule has 7 nitrogen and oxygen atoms in total. The summed E-state index contributed by atoms with van der Waals surface area (Å²) in [7, 11) is 0. The quantitative estimate of drug-likeness (QED) is 0.456. The Balaban J connectivity index is 1.47. The van der Waals surface area contributed by atoms with E-state index in [1.807, 2.05) is 61.5 Å². The van der Waals surface area contributed by atoms with Crippen molar-refractivity contribution < 1.29 is 4.79 Å². The van der Waals surface area contributed by atoms with Crippen LogP contribution in [-0.4, -0.2) is 27.4 Å². The molecule has 0 saturated carbocycles. The molecule has 4 rings (SSSR count). The summed E-state index contributed by atoms with van der Waals surface area (Å²) in [6.07, 6.45) is 3.38. The number of amides is 2. The van der Waals surface area contributed by atoms with Crippen molar-refractivity contribution >= 4 is 40.3 Å². The SMILES string of the molecule is Cc1ccc(NC(=O)Nc2ccc3c(/C=N/c4ccccn4)[nH]nc3c2)cc1. The number of pyridine rings is 1. The lowest BCUT2D eigenvalue weighted by Gasteiger charge is -2.08. The third-order valence-electron chi connectivity index (χ3n) is 4.13. The average Bonchev–Trinajstić information content (AvgIpc) is 3.11. The van der Waals surface area contributed by atoms with Gasteiger partial charge >= 0.3 is 6.03 Å². The molecule has 138 valence electrons. The molecular weight excluding hydrogens is 352 g/mol. The fraction of sp³-hybridized carbons (Fsp3) is 0.0476. The standard InChI is InChI=1S/C21H18N6O/c1-14-5-7-15(8-6-14)24-21(28)25-16-9-10-17-18(12-16)26-27-19(17)13-23-20-4-2-3-11-22-20/h2-13H,1H3,(H,26,27)(H2,24,25,28)/b23-13+. The molecule has 2 heterocycles. The van der Waals surface area contributed by atoms with E-state index in [0.29, 0.717) is 11.5 Å². The number of H-pyrrole nitrogens is 1. The van der Waals surface area contributed by atoms with Crippen molar-refractivity contribution in [3.05, 3.63) is 78.1 Å². The summed E-state index contributed by atoms with van der Waals surface area (Å²) in [4.78, 5) is 20.7. The predicted molar refractivity (Wildman–Crippen MR) is 111 cm³/mol. The topological polar surface area (TPSA) is 95.1 Å². The number of aromatic nitrogens is 3. The van der Waals surface area contributed by atoms with Crippen molar-refractivity contribution in [2.45, 2.75) is 6.92 Å². The molecule has 2 aromatic heterocycles. The number of aryl methyl sites for hydroxylation is 1. The Hall–Kier alpha value is -4.00. The number of fused-ring (bicyclic) bond motifs is 1. The van der Waals surface area contributed by atoms with Crippen LogP contribution in [0.15, 0.2) is 71.9 Å². The number of hydrogen-bond acceptors (Lipinski definition) is 4. The summed E-state index contributed by atoms with van der Waals surface area (Å²) >= 11 is 0. The summed E-state index contributed by atoms with van der Waals surface area (Å²) in [5.41, 5.74) is 4.03. The van der Waals surface area contributed by atoms with E-state index >= 15 is 0 Å². The molecule has 0 aliphatic heterocycles. The molecule has 0 radical (unpaired) electrons. The Labute approximate surface area is 161 Å². The molecule has 3 N–H and O–H groups in total. The number of benzene rings is 2. The van der Waals surface area contributed by atoms with Crippen molar-refractivity contribution in [1.82, 2.24) is 15.2 Å². The lowest BCUT2D eigenvalue weighted by molar-refractivity contribution is 0.262. The number of anilines is 2. The molecule has 0 saturated heterocycles. The van der Waals surface area contributed by atoms with E-state index < -0.39 is 0 Å². The molecule has 0 spiro atoms. The Kier molecular flexibility index (Phi) is 4.79. The number of carbonyl (C=O) groups excluding carboxylic acids is 1. The zero-order chi connectivity index (χ0) is 19.3. The smallest absolute Gasteiger partial charge is 0.308 e. The Bertz CT molecular complexity index is 1130. The third kappa shape index (κ3) is 4.04. The molecule has 0 atom stereocenters. The molecular formula is C21H18N6O. The summed E-state index contributed by atoms with van der Waals surface area (Å²) in [6, 6.07) is 18.4. The molecule has 0 bridgehead atoms. The first-order valence-corrected chi connectivity index (χ1v) is 8.75. The average molecular weight is 370 g/mol. The number of nitrogens with zero attached hydrogens (tertiary/aromatic N) is 3. The van der Waals surface area contributed by atoms with Gasteiger partial charge in [-0.3, -0.25) is 5.10 Å². The minimum absolute atomic E-state index is 0.310. The number of rotatable bonds is 4. The van der Waals surface area contributed by atoms with E-state index in [9.17, 15) is 4.79 Å². The predicted octanol–water partition coefficient (Wildman–Crippen LogP) is 4.66. The maximum atomic E-state index is 12.2. The van der Waals surface area contributed by atoms with Crippen LogP contribution in [0.25, 0.3) is 10.9 Å². The van der Waals surface area contributed by atoms with Crippen molar-refractivity contribution in [3.63, 3.8) is 0 Å². The van der Waals surface area contributed by atoms with Crippen LogP contribution in [0.2, 0.25) is 0 Å². The lowest BCUT2D eigenvalue weighted by Crippen LogP contribution is -2.19. The Morgan fingerprint density at radius 3 is 2.61 bits per heavy atom. The van der Waals surface area contributed by atoms with Gasteiger partial charge in [0.25, 0.3) is 0 Å². The van der Waals surface area contributed by atoms with Gasteiger partial charge in [-0.15, -0.1) is 0 Å². The molecule has 0 fully saturated rings. The fourth-order valence-electron chi connectivity index (χ4n) is 2.70. The maximum Gasteiger partial charge on any atom is 0.323 e. The van der Waals surface area contributed by atoms with Crippen molar-refractivity contribution in [1.29, 1.82) is 0 Å². The first-order chi connectivity index (χ1) is 13.7. The molecule has 7 heteroatoms. The van der Waals surface area contributed by atoms with Gasteiger partial charge in [0.05, 0.1) is 17.4 Å². The highest BCUT2D eigenvalue weighted by Gasteiger charge is 2.07. The van der Waals surface area contributed by atoms with Crippen LogP contribution in [0.3, 0.4) is 0 Å². The summed E-state index contributed by atoms with van der Waals surface area (Å²) in [6.45, 7) is 2.00. The van der Waals surface area contributed by atoms with Crippen LogP contribution in [0.4, 0.5) is 22.0 Å². The van der Waals surface area contributed by atoms with Crippen LogP contribution >= 0.6 is 0 Å². The van der Waals surface area contributed by atoms with Gasteiger partial charge in [0.1, 0.15) is 0 Å². The van der Waals surface area contributed by atoms with Crippen LogP contribution in [-0.2, 0) is 0 Å². The highest BCUT2D eigenvalue weighted by atomic mass is 16.2. The number of aliphatic imine (C=N–C) groups is 1. The first kappa shape index (κ1) is 17.4. The number of hydrogen-bond donors (Lipinski definition) is 3. The molecule has 28 heavy (non-hydrogen) atoms. The van der Waals surface area contributed by atoms with Crippen LogP contribution in [0.1, 0.15) is 11.3 Å². The van der Waals surface area contributed by atoms with Gasteiger partial charge in [0.2, 0.25) is 0 Å². The summed E-state index contributed by atoms with van der Waals surface area (Å²) < 4.78 is 0. The number of carbonyl (C=O) groups is 1. The second-order valence-electron chi connectivity index (χ2n) is 6.26. The van der Waals surface area contributed by atoms with Crippen LogP contribution in [0.5, 0.6) is 0 Å². The molecule has 0 aliphatic rings. The largest absolute Gasteiger partial charge is 0.323 e. The number of nitrogens with one attached hydrogen (secondary N) is 3. The van der Waals surface area contributed by atoms with E-state index in [-0.39, 0.29) is 6.03 Å². The number of aromatic amines is 1. The highest BCUT2D eigenvalue weighted by molar-refractivity contribution is 6.02. The monoisotopic (exact) mass is 370 g/mol. The fourth-order valence-corrected chi connectivity index (χ4v) is 2.70. The van der Waals surface area contributed by atoms with E-state index in [1.165, 1.54) is 0 Å². The molecule has 0 unspecified atom stereocenters. The van der Waals surface area contributed by atoms with Crippen LogP contribution in [0, 0.1) is 6.92 Å². The molecule has 4 aromatic rings. The van der Waals surface area contributed by atoms with Gasteiger partial charge in [0.15, 0.2) is 5.82 Å². The van der Waals surface area contributed by atoms with Gasteiger partial charge in [-0.25, -0.2) is 14.8 Å². The Morgan fingerprint density at radius 2 is 1.82 bits per heavy atom. The minimum Gasteiger partial charge on any atom is -0.308 e. The van der Waals surface area contributed by atoms with E-state index in [2.05, 4.69) is 30.8 Å². The highest BCUT2D eigenvalue weighted by Crippen LogP contribution is 2.20. The number of urea groups is 1. The second kappa shape index (κ2) is 7.71. The molecule has 2 amide bonds. The van der Waals surface area contributed by atoms with Gasteiger partial charge in [-0.1, -0.05) is 23.8 Å². The second-order valence-corrected chi connectivity index (χ2v) is 6.26. The van der Waals surface area contributed by atoms with E-state index in [4.69, 9.17) is 0 Å². The van der Waals surface area contributed by atoms with Crippen LogP contribution < -0.4 is 10.6 Å². The van der Waals surface area contributed by atoms with E-state index in [0.717, 1.165) is 27.8 Å². The van der Waals surface area contributed by atoms with Gasteiger partial charge in [-0.05, 0) is 49.4 Å². The van der Waals surface area contributed by atoms with Crippen molar-refractivity contribution in [2.75, 3.05) is 10.6 Å². The third-order valence-corrected chi connectivity index (χ3v) is 4.13. The maximum absolute atomic E-state index is 12.2.